The van der Waals surface area contributed by atoms with Gasteiger partial charge < -0.3 is 14.5 Å². The molecular formula is C24H22FN2O8PS. The predicted octanol–water partition coefficient (Wildman–Crippen LogP) is 2.96. The Morgan fingerprint density at radius 1 is 1.03 bits per heavy atom. The SMILES string of the molecule is O=C(Cc1ccn([C@@H]2S[C@H](COP(=O)(O)O)[C@@H](OC(=O)c3ccccc3)[C@@H]2F)c(=O)n1)c1ccccc1. The van der Waals surface area contributed by atoms with Crippen LogP contribution in [0.15, 0.2) is 77.7 Å². The lowest BCUT2D eigenvalue weighted by Crippen LogP contribution is -2.37. The summed E-state index contributed by atoms with van der Waals surface area (Å²) in [5.74, 6) is -1.08. The summed E-state index contributed by atoms with van der Waals surface area (Å²) in [5.41, 5.74) is -0.0196. The highest BCUT2D eigenvalue weighted by Gasteiger charge is 2.49. The first-order chi connectivity index (χ1) is 17.6. The molecule has 0 amide bonds. The van der Waals surface area contributed by atoms with Crippen LogP contribution in [-0.2, 0) is 20.2 Å². The molecule has 4 atom stereocenters. The Kier molecular flexibility index (Phi) is 8.35. The van der Waals surface area contributed by atoms with E-state index in [0.717, 1.165) is 16.3 Å². The van der Waals surface area contributed by atoms with Gasteiger partial charge in [0.25, 0.3) is 0 Å². The number of rotatable bonds is 9. The summed E-state index contributed by atoms with van der Waals surface area (Å²) in [6.45, 7) is -0.634. The van der Waals surface area contributed by atoms with Crippen molar-refractivity contribution in [2.24, 2.45) is 0 Å². The molecule has 10 nitrogen and oxygen atoms in total. The van der Waals surface area contributed by atoms with Crippen LogP contribution in [0.4, 0.5) is 4.39 Å². The second-order valence-corrected chi connectivity index (χ2v) is 10.7. The number of esters is 1. The Morgan fingerprint density at radius 2 is 1.65 bits per heavy atom. The number of ketones is 1. The maximum Gasteiger partial charge on any atom is 0.469 e. The number of benzene rings is 2. The van der Waals surface area contributed by atoms with Gasteiger partial charge >= 0.3 is 19.5 Å². The maximum absolute atomic E-state index is 15.6. The molecule has 194 valence electrons. The van der Waals surface area contributed by atoms with Crippen molar-refractivity contribution in [2.75, 3.05) is 6.61 Å². The zero-order chi connectivity index (χ0) is 26.6. The van der Waals surface area contributed by atoms with E-state index in [0.29, 0.717) is 5.56 Å². The zero-order valence-electron chi connectivity index (χ0n) is 19.1. The summed E-state index contributed by atoms with van der Waals surface area (Å²) in [4.78, 5) is 59.8. The highest BCUT2D eigenvalue weighted by atomic mass is 32.2. The summed E-state index contributed by atoms with van der Waals surface area (Å²) in [5, 5.41) is -2.26. The van der Waals surface area contributed by atoms with E-state index < -0.39 is 49.0 Å². The van der Waals surface area contributed by atoms with Crippen LogP contribution in [0.3, 0.4) is 0 Å². The predicted molar refractivity (Wildman–Crippen MR) is 132 cm³/mol. The van der Waals surface area contributed by atoms with Gasteiger partial charge in [-0.15, -0.1) is 11.8 Å². The molecule has 4 rings (SSSR count). The molecule has 1 aliphatic heterocycles. The van der Waals surface area contributed by atoms with Crippen LogP contribution in [0.25, 0.3) is 0 Å². The van der Waals surface area contributed by atoms with Crippen LogP contribution in [0.2, 0.25) is 0 Å². The summed E-state index contributed by atoms with van der Waals surface area (Å²) in [7, 11) is -4.89. The van der Waals surface area contributed by atoms with E-state index in [-0.39, 0.29) is 23.5 Å². The van der Waals surface area contributed by atoms with Gasteiger partial charge in [-0.2, -0.15) is 4.98 Å². The van der Waals surface area contributed by atoms with Crippen molar-refractivity contribution in [3.8, 4) is 0 Å². The molecule has 0 radical (unpaired) electrons. The molecule has 2 aromatic carbocycles. The summed E-state index contributed by atoms with van der Waals surface area (Å²) < 4.78 is 37.7. The number of hydrogen-bond acceptors (Lipinski definition) is 8. The minimum absolute atomic E-state index is 0.132. The van der Waals surface area contributed by atoms with Gasteiger partial charge in [0.1, 0.15) is 5.37 Å². The van der Waals surface area contributed by atoms with Gasteiger partial charge in [-0.05, 0) is 18.2 Å². The van der Waals surface area contributed by atoms with Gasteiger partial charge in [-0.3, -0.25) is 13.9 Å². The number of carbonyl (C=O) groups excluding carboxylic acids is 2. The van der Waals surface area contributed by atoms with Gasteiger partial charge in [0.2, 0.25) is 0 Å². The summed E-state index contributed by atoms with van der Waals surface area (Å²) in [6, 6.07) is 17.7. The van der Waals surface area contributed by atoms with Gasteiger partial charge in [-0.1, -0.05) is 48.5 Å². The number of Topliss-reactive ketones (excluding diaryl/α,β-unsaturated/α-hetero) is 1. The quantitative estimate of drug-likeness (QED) is 0.233. The molecule has 0 unspecified atom stereocenters. The molecule has 1 saturated heterocycles. The van der Waals surface area contributed by atoms with Gasteiger partial charge in [0.15, 0.2) is 18.1 Å². The molecule has 0 bridgehead atoms. The third-order valence-corrected chi connectivity index (χ3v) is 7.53. The van der Waals surface area contributed by atoms with Crippen molar-refractivity contribution in [3.63, 3.8) is 0 Å². The van der Waals surface area contributed by atoms with Gasteiger partial charge in [0, 0.05) is 11.8 Å². The van der Waals surface area contributed by atoms with Crippen molar-refractivity contribution in [1.82, 2.24) is 9.55 Å². The number of alkyl halides is 1. The highest BCUT2D eigenvalue weighted by Crippen LogP contribution is 2.47. The van der Waals surface area contributed by atoms with Crippen molar-refractivity contribution >= 4 is 31.3 Å². The van der Waals surface area contributed by atoms with E-state index >= 15 is 4.39 Å². The second kappa shape index (κ2) is 11.5. The number of aromatic nitrogens is 2. The van der Waals surface area contributed by atoms with E-state index in [1.54, 1.807) is 48.5 Å². The van der Waals surface area contributed by atoms with Crippen molar-refractivity contribution in [3.05, 3.63) is 100 Å². The average molecular weight is 548 g/mol. The molecule has 2 heterocycles. The Balaban J connectivity index is 1.54. The van der Waals surface area contributed by atoms with Gasteiger partial charge in [0.05, 0.1) is 29.5 Å². The average Bonchev–Trinajstić information content (AvgIpc) is 3.18. The summed E-state index contributed by atoms with van der Waals surface area (Å²) >= 11 is 0.824. The normalized spacial score (nSPS) is 21.5. The highest BCUT2D eigenvalue weighted by molar-refractivity contribution is 8.00. The second-order valence-electron chi connectivity index (χ2n) is 8.11. The summed E-state index contributed by atoms with van der Waals surface area (Å²) in [6.07, 6.45) is -2.25. The van der Waals surface area contributed by atoms with Gasteiger partial charge in [-0.25, -0.2) is 18.5 Å². The van der Waals surface area contributed by atoms with Crippen molar-refractivity contribution in [1.29, 1.82) is 0 Å². The van der Waals surface area contributed by atoms with Crippen molar-refractivity contribution < 1.29 is 37.6 Å². The first-order valence-corrected chi connectivity index (χ1v) is 13.5. The van der Waals surface area contributed by atoms with Crippen LogP contribution < -0.4 is 5.69 Å². The number of halogens is 1. The minimum Gasteiger partial charge on any atom is -0.454 e. The molecule has 1 aromatic heterocycles. The monoisotopic (exact) mass is 548 g/mol. The molecule has 1 aliphatic rings. The first-order valence-electron chi connectivity index (χ1n) is 11.0. The topological polar surface area (TPSA) is 145 Å². The number of carbonyl (C=O) groups is 2. The third kappa shape index (κ3) is 6.79. The standard InChI is InChI=1S/C24H22FN2O8PS/c25-20-21(35-23(29)16-9-5-2-6-10-16)19(14-34-36(31,32)33)37-22(20)27-12-11-17(26-24(27)30)13-18(28)15-7-3-1-4-8-15/h1-12,19-22H,13-14H2,(H2,31,32,33)/t19-,20+,21-,22-/m1/s1. The van der Waals surface area contributed by atoms with Crippen molar-refractivity contribution in [2.45, 2.75) is 29.3 Å². The lowest BCUT2D eigenvalue weighted by atomic mass is 10.1. The number of thioether (sulfide) groups is 1. The molecular weight excluding hydrogens is 526 g/mol. The number of phosphoric acid groups is 1. The Hall–Kier alpha value is -3.15. The van der Waals surface area contributed by atoms with Crippen LogP contribution in [0.5, 0.6) is 0 Å². The van der Waals surface area contributed by atoms with Crippen LogP contribution >= 0.6 is 19.6 Å². The number of nitrogens with zero attached hydrogens (tertiary/aromatic N) is 2. The van der Waals surface area contributed by atoms with E-state index in [9.17, 15) is 18.9 Å². The molecule has 0 aliphatic carbocycles. The van der Waals surface area contributed by atoms with E-state index in [1.807, 2.05) is 0 Å². The van der Waals surface area contributed by atoms with E-state index in [4.69, 9.17) is 14.5 Å². The molecule has 0 spiro atoms. The maximum atomic E-state index is 15.6. The lowest BCUT2D eigenvalue weighted by Gasteiger charge is -2.21. The number of phosphoric ester groups is 1. The molecule has 0 saturated carbocycles. The third-order valence-electron chi connectivity index (χ3n) is 5.53. The first kappa shape index (κ1) is 26.9. The van der Waals surface area contributed by atoms with Crippen LogP contribution in [-0.4, -0.2) is 55.2 Å². The minimum atomic E-state index is -4.89. The molecule has 37 heavy (non-hydrogen) atoms. The molecule has 3 aromatic rings. The Bertz CT molecular complexity index is 1370. The number of ether oxygens (including phenoxy) is 1. The molecule has 13 heteroatoms. The fourth-order valence-electron chi connectivity index (χ4n) is 3.76. The Labute approximate surface area is 214 Å². The molecule has 2 N–H and O–H groups in total. The molecule has 1 fully saturated rings. The van der Waals surface area contributed by atoms with Crippen LogP contribution in [0, 0.1) is 0 Å². The largest absolute Gasteiger partial charge is 0.469 e. The zero-order valence-corrected chi connectivity index (χ0v) is 20.8. The lowest BCUT2D eigenvalue weighted by molar-refractivity contribution is 0.00209. The van der Waals surface area contributed by atoms with Crippen LogP contribution in [0.1, 0.15) is 31.8 Å². The smallest absolute Gasteiger partial charge is 0.454 e. The Morgan fingerprint density at radius 3 is 2.24 bits per heavy atom. The fraction of sp³-hybridized carbons (Fsp3) is 0.250. The number of hydrogen-bond donors (Lipinski definition) is 2. The fourth-order valence-corrected chi connectivity index (χ4v) is 5.68. The van der Waals surface area contributed by atoms with E-state index in [2.05, 4.69) is 9.51 Å². The van der Waals surface area contributed by atoms with E-state index in [1.165, 1.54) is 24.4 Å².